The zero-order chi connectivity index (χ0) is 10.7. The van der Waals surface area contributed by atoms with Crippen LogP contribution in [-0.4, -0.2) is 4.98 Å². The molecule has 0 saturated heterocycles. The highest BCUT2D eigenvalue weighted by Gasteiger charge is 2.11. The SMILES string of the molecule is CCc1cccc(C(C)[n+]2cc[nH]c2)c1. The number of hydrogen-bond donors (Lipinski definition) is 1. The van der Waals surface area contributed by atoms with Crippen molar-refractivity contribution in [3.05, 3.63) is 54.1 Å². The van der Waals surface area contributed by atoms with E-state index in [2.05, 4.69) is 53.9 Å². The molecule has 2 rings (SSSR count). The summed E-state index contributed by atoms with van der Waals surface area (Å²) in [5.74, 6) is 0. The molecule has 2 nitrogen and oxygen atoms in total. The van der Waals surface area contributed by atoms with Gasteiger partial charge in [-0.3, -0.25) is 4.98 Å². The number of imidazole rings is 1. The number of aryl methyl sites for hydroxylation is 1. The average molecular weight is 201 g/mol. The summed E-state index contributed by atoms with van der Waals surface area (Å²) < 4.78 is 2.18. The van der Waals surface area contributed by atoms with Crippen LogP contribution in [0, 0.1) is 0 Å². The van der Waals surface area contributed by atoms with E-state index in [1.807, 2.05) is 12.5 Å². The minimum Gasteiger partial charge on any atom is -0.250 e. The van der Waals surface area contributed by atoms with Crippen LogP contribution in [0.5, 0.6) is 0 Å². The summed E-state index contributed by atoms with van der Waals surface area (Å²) >= 11 is 0. The number of nitrogens with one attached hydrogen (secondary N) is 1. The van der Waals surface area contributed by atoms with Gasteiger partial charge >= 0.3 is 0 Å². The van der Waals surface area contributed by atoms with Gasteiger partial charge in [0.1, 0.15) is 18.4 Å². The second kappa shape index (κ2) is 4.30. The molecule has 78 valence electrons. The van der Waals surface area contributed by atoms with Crippen LogP contribution in [0.1, 0.15) is 31.0 Å². The molecule has 2 heteroatoms. The third-order valence-corrected chi connectivity index (χ3v) is 2.86. The lowest BCUT2D eigenvalue weighted by Gasteiger charge is -2.09. The van der Waals surface area contributed by atoms with Crippen molar-refractivity contribution in [3.63, 3.8) is 0 Å². The first-order chi connectivity index (χ1) is 7.31. The highest BCUT2D eigenvalue weighted by Crippen LogP contribution is 2.13. The lowest BCUT2D eigenvalue weighted by atomic mass is 10.0. The second-order valence-corrected chi connectivity index (χ2v) is 3.83. The fourth-order valence-corrected chi connectivity index (χ4v) is 1.79. The molecule has 1 aromatic heterocycles. The average Bonchev–Trinajstić information content (AvgIpc) is 2.81. The van der Waals surface area contributed by atoms with Crippen LogP contribution in [0.2, 0.25) is 0 Å². The zero-order valence-corrected chi connectivity index (χ0v) is 9.27. The molecule has 0 amide bonds. The Morgan fingerprint density at radius 1 is 1.40 bits per heavy atom. The fraction of sp³-hybridized carbons (Fsp3) is 0.308. The highest BCUT2D eigenvalue weighted by molar-refractivity contribution is 5.24. The molecule has 1 aromatic carbocycles. The Hall–Kier alpha value is -1.57. The number of aromatic nitrogens is 2. The first kappa shape index (κ1) is 9.97. The van der Waals surface area contributed by atoms with Gasteiger partial charge in [-0.15, -0.1) is 0 Å². The number of hydrogen-bond acceptors (Lipinski definition) is 0. The number of aromatic amines is 1. The predicted molar refractivity (Wildman–Crippen MR) is 60.6 cm³/mol. The molecule has 1 unspecified atom stereocenters. The maximum Gasteiger partial charge on any atom is 0.242 e. The number of H-pyrrole nitrogens is 1. The maximum absolute atomic E-state index is 3.07. The molecule has 0 aliphatic rings. The van der Waals surface area contributed by atoms with Crippen LogP contribution < -0.4 is 4.57 Å². The van der Waals surface area contributed by atoms with Gasteiger partial charge in [0.15, 0.2) is 0 Å². The molecule has 0 fully saturated rings. The van der Waals surface area contributed by atoms with Crippen molar-refractivity contribution in [2.75, 3.05) is 0 Å². The molecular formula is C13H17N2+. The van der Waals surface area contributed by atoms with Gasteiger partial charge in [-0.1, -0.05) is 31.2 Å². The molecule has 0 aliphatic heterocycles. The van der Waals surface area contributed by atoms with E-state index in [0.717, 1.165) is 6.42 Å². The summed E-state index contributed by atoms with van der Waals surface area (Å²) in [6, 6.07) is 9.17. The summed E-state index contributed by atoms with van der Waals surface area (Å²) in [6.07, 6.45) is 7.09. The van der Waals surface area contributed by atoms with Crippen molar-refractivity contribution in [1.82, 2.24) is 4.98 Å². The summed E-state index contributed by atoms with van der Waals surface area (Å²) in [7, 11) is 0. The second-order valence-electron chi connectivity index (χ2n) is 3.83. The van der Waals surface area contributed by atoms with Crippen molar-refractivity contribution < 1.29 is 4.57 Å². The largest absolute Gasteiger partial charge is 0.250 e. The monoisotopic (exact) mass is 201 g/mol. The summed E-state index contributed by atoms with van der Waals surface area (Å²) in [4.78, 5) is 3.07. The fourth-order valence-electron chi connectivity index (χ4n) is 1.79. The zero-order valence-electron chi connectivity index (χ0n) is 9.27. The van der Waals surface area contributed by atoms with E-state index in [1.54, 1.807) is 0 Å². The van der Waals surface area contributed by atoms with Gasteiger partial charge in [0.25, 0.3) is 0 Å². The van der Waals surface area contributed by atoms with Crippen LogP contribution in [0.3, 0.4) is 0 Å². The molecule has 15 heavy (non-hydrogen) atoms. The molecule has 1 heterocycles. The Kier molecular flexibility index (Phi) is 2.86. The topological polar surface area (TPSA) is 19.7 Å². The third kappa shape index (κ3) is 2.09. The molecule has 1 atom stereocenters. The Labute approximate surface area is 90.6 Å². The van der Waals surface area contributed by atoms with Crippen molar-refractivity contribution in [2.24, 2.45) is 0 Å². The highest BCUT2D eigenvalue weighted by atomic mass is 15.0. The Bertz CT molecular complexity index is 418. The standard InChI is InChI=1S/C13H16N2/c1-3-12-5-4-6-13(9-12)11(2)15-8-7-14-10-15/h4-11H,3H2,1-2H3/p+1. The van der Waals surface area contributed by atoms with Crippen molar-refractivity contribution in [2.45, 2.75) is 26.3 Å². The molecule has 2 aromatic rings. The van der Waals surface area contributed by atoms with Crippen molar-refractivity contribution in [3.8, 4) is 0 Å². The molecule has 1 N–H and O–H groups in total. The Morgan fingerprint density at radius 3 is 2.93 bits per heavy atom. The van der Waals surface area contributed by atoms with Crippen LogP contribution >= 0.6 is 0 Å². The summed E-state index contributed by atoms with van der Waals surface area (Å²) in [5.41, 5.74) is 2.76. The van der Waals surface area contributed by atoms with Gasteiger partial charge in [-0.25, -0.2) is 4.57 Å². The Morgan fingerprint density at radius 2 is 2.27 bits per heavy atom. The van der Waals surface area contributed by atoms with E-state index in [4.69, 9.17) is 0 Å². The summed E-state index contributed by atoms with van der Waals surface area (Å²) in [6.45, 7) is 4.40. The molecule has 0 bridgehead atoms. The smallest absolute Gasteiger partial charge is 0.242 e. The van der Waals surface area contributed by atoms with Crippen LogP contribution in [-0.2, 0) is 6.42 Å². The minimum atomic E-state index is 0.391. The predicted octanol–water partition coefficient (Wildman–Crippen LogP) is 2.47. The number of benzene rings is 1. The van der Waals surface area contributed by atoms with Crippen LogP contribution in [0.4, 0.5) is 0 Å². The summed E-state index contributed by atoms with van der Waals surface area (Å²) in [5, 5.41) is 0. The molecule has 0 spiro atoms. The van der Waals surface area contributed by atoms with Crippen molar-refractivity contribution >= 4 is 0 Å². The lowest BCUT2D eigenvalue weighted by molar-refractivity contribution is -0.709. The van der Waals surface area contributed by atoms with Crippen LogP contribution in [0.15, 0.2) is 43.0 Å². The molecule has 0 aliphatic carbocycles. The third-order valence-electron chi connectivity index (χ3n) is 2.86. The van der Waals surface area contributed by atoms with Gasteiger partial charge in [0, 0.05) is 0 Å². The Balaban J connectivity index is 2.29. The van der Waals surface area contributed by atoms with Gasteiger partial charge in [0.05, 0.1) is 0 Å². The van der Waals surface area contributed by atoms with E-state index in [-0.39, 0.29) is 0 Å². The molecular weight excluding hydrogens is 184 g/mol. The number of nitrogens with zero attached hydrogens (tertiary/aromatic N) is 1. The van der Waals surface area contributed by atoms with E-state index in [9.17, 15) is 0 Å². The van der Waals surface area contributed by atoms with Crippen LogP contribution in [0.25, 0.3) is 0 Å². The van der Waals surface area contributed by atoms with Gasteiger partial charge in [-0.2, -0.15) is 0 Å². The molecule has 0 radical (unpaired) electrons. The minimum absolute atomic E-state index is 0.391. The van der Waals surface area contributed by atoms with Crippen molar-refractivity contribution in [1.29, 1.82) is 0 Å². The quantitative estimate of drug-likeness (QED) is 0.736. The van der Waals surface area contributed by atoms with E-state index >= 15 is 0 Å². The first-order valence-electron chi connectivity index (χ1n) is 5.43. The molecule has 0 saturated carbocycles. The van der Waals surface area contributed by atoms with Gasteiger partial charge < -0.3 is 0 Å². The van der Waals surface area contributed by atoms with E-state index < -0.39 is 0 Å². The van der Waals surface area contributed by atoms with Gasteiger partial charge in [-0.05, 0) is 24.5 Å². The van der Waals surface area contributed by atoms with E-state index in [0.29, 0.717) is 6.04 Å². The maximum atomic E-state index is 3.07. The van der Waals surface area contributed by atoms with Gasteiger partial charge in [0.2, 0.25) is 6.33 Å². The normalized spacial score (nSPS) is 12.7. The lowest BCUT2D eigenvalue weighted by Crippen LogP contribution is -2.35. The van der Waals surface area contributed by atoms with E-state index in [1.165, 1.54) is 11.1 Å². The first-order valence-corrected chi connectivity index (χ1v) is 5.43. The number of rotatable bonds is 3.